The number of rotatable bonds is 6. The monoisotopic (exact) mass is 368 g/mol. The first kappa shape index (κ1) is 17.7. The fraction of sp³-hybridized carbons (Fsp3) is 0.105. The SMILES string of the molecule is COc1ccc(-c2ccc(CNc3nnc(Cl)cc3C(N)=O)cc2)cc1. The van der Waals surface area contributed by atoms with Crippen LogP contribution in [0.1, 0.15) is 15.9 Å². The topological polar surface area (TPSA) is 90.1 Å². The minimum absolute atomic E-state index is 0.119. The van der Waals surface area contributed by atoms with Gasteiger partial charge in [0.05, 0.1) is 12.7 Å². The minimum Gasteiger partial charge on any atom is -0.497 e. The summed E-state index contributed by atoms with van der Waals surface area (Å²) >= 11 is 5.76. The van der Waals surface area contributed by atoms with Crippen molar-refractivity contribution >= 4 is 23.3 Å². The molecule has 6 nitrogen and oxygen atoms in total. The predicted molar refractivity (Wildman–Crippen MR) is 101 cm³/mol. The maximum absolute atomic E-state index is 11.5. The van der Waals surface area contributed by atoms with E-state index in [0.717, 1.165) is 22.4 Å². The molecule has 2 aromatic carbocycles. The van der Waals surface area contributed by atoms with Crippen LogP contribution in [-0.2, 0) is 6.54 Å². The van der Waals surface area contributed by atoms with Crippen LogP contribution < -0.4 is 15.8 Å². The van der Waals surface area contributed by atoms with Gasteiger partial charge in [0.1, 0.15) is 5.75 Å². The molecule has 0 radical (unpaired) electrons. The molecule has 0 saturated carbocycles. The molecule has 1 heterocycles. The van der Waals surface area contributed by atoms with Crippen LogP contribution in [0.2, 0.25) is 5.15 Å². The molecule has 3 rings (SSSR count). The molecule has 0 aliphatic carbocycles. The minimum atomic E-state index is -0.612. The van der Waals surface area contributed by atoms with Crippen molar-refractivity contribution < 1.29 is 9.53 Å². The third-order valence-electron chi connectivity index (χ3n) is 3.87. The Balaban J connectivity index is 1.71. The van der Waals surface area contributed by atoms with Crippen molar-refractivity contribution in [3.8, 4) is 16.9 Å². The number of nitrogens with two attached hydrogens (primary N) is 1. The number of anilines is 1. The molecule has 7 heteroatoms. The molecule has 0 unspecified atom stereocenters. The number of halogens is 1. The number of carbonyl (C=O) groups is 1. The van der Waals surface area contributed by atoms with E-state index >= 15 is 0 Å². The number of nitrogens with zero attached hydrogens (tertiary/aromatic N) is 2. The number of amides is 1. The van der Waals surface area contributed by atoms with E-state index < -0.39 is 5.91 Å². The fourth-order valence-electron chi connectivity index (χ4n) is 2.47. The number of aromatic nitrogens is 2. The van der Waals surface area contributed by atoms with Gasteiger partial charge in [0.25, 0.3) is 5.91 Å². The maximum Gasteiger partial charge on any atom is 0.252 e. The summed E-state index contributed by atoms with van der Waals surface area (Å²) in [6, 6.07) is 17.3. The number of ether oxygens (including phenoxy) is 1. The Labute approximate surface area is 156 Å². The van der Waals surface area contributed by atoms with Gasteiger partial charge in [0.2, 0.25) is 0 Å². The summed E-state index contributed by atoms with van der Waals surface area (Å²) in [7, 11) is 1.64. The molecule has 26 heavy (non-hydrogen) atoms. The molecule has 0 bridgehead atoms. The summed E-state index contributed by atoms with van der Waals surface area (Å²) in [5.41, 5.74) is 8.77. The maximum atomic E-state index is 11.5. The highest BCUT2D eigenvalue weighted by atomic mass is 35.5. The van der Waals surface area contributed by atoms with Crippen LogP contribution in [0.5, 0.6) is 5.75 Å². The fourth-order valence-corrected chi connectivity index (χ4v) is 2.62. The smallest absolute Gasteiger partial charge is 0.252 e. The Morgan fingerprint density at radius 1 is 1.08 bits per heavy atom. The predicted octanol–water partition coefficient (Wildman–Crippen LogP) is 3.52. The molecular weight excluding hydrogens is 352 g/mol. The lowest BCUT2D eigenvalue weighted by Gasteiger charge is -2.09. The lowest BCUT2D eigenvalue weighted by atomic mass is 10.0. The van der Waals surface area contributed by atoms with E-state index in [0.29, 0.717) is 12.4 Å². The molecule has 0 aliphatic heterocycles. The van der Waals surface area contributed by atoms with Crippen molar-refractivity contribution in [1.29, 1.82) is 0 Å². The number of hydrogen-bond donors (Lipinski definition) is 2. The van der Waals surface area contributed by atoms with Crippen molar-refractivity contribution in [2.24, 2.45) is 5.73 Å². The molecule has 0 saturated heterocycles. The quantitative estimate of drug-likeness (QED) is 0.694. The zero-order chi connectivity index (χ0) is 18.5. The van der Waals surface area contributed by atoms with Crippen LogP contribution in [0, 0.1) is 0 Å². The molecule has 0 aliphatic rings. The van der Waals surface area contributed by atoms with E-state index in [1.54, 1.807) is 7.11 Å². The Kier molecular flexibility index (Phi) is 5.34. The van der Waals surface area contributed by atoms with Gasteiger partial charge in [-0.1, -0.05) is 48.0 Å². The third kappa shape index (κ3) is 4.10. The van der Waals surface area contributed by atoms with Crippen LogP contribution >= 0.6 is 11.6 Å². The van der Waals surface area contributed by atoms with Crippen LogP contribution in [-0.4, -0.2) is 23.2 Å². The summed E-state index contributed by atoms with van der Waals surface area (Å²) in [6.07, 6.45) is 0. The van der Waals surface area contributed by atoms with Crippen molar-refractivity contribution in [1.82, 2.24) is 10.2 Å². The number of methoxy groups -OCH3 is 1. The van der Waals surface area contributed by atoms with E-state index in [-0.39, 0.29) is 10.7 Å². The number of hydrogen-bond acceptors (Lipinski definition) is 5. The first-order chi connectivity index (χ1) is 12.6. The lowest BCUT2D eigenvalue weighted by Crippen LogP contribution is -2.16. The molecular formula is C19H17ClN4O2. The van der Waals surface area contributed by atoms with Crippen LogP contribution in [0.3, 0.4) is 0 Å². The average molecular weight is 369 g/mol. The second kappa shape index (κ2) is 7.84. The number of benzene rings is 2. The second-order valence-electron chi connectivity index (χ2n) is 5.57. The van der Waals surface area contributed by atoms with E-state index in [9.17, 15) is 4.79 Å². The summed E-state index contributed by atoms with van der Waals surface area (Å²) in [6.45, 7) is 0.472. The van der Waals surface area contributed by atoms with E-state index in [4.69, 9.17) is 22.1 Å². The molecule has 0 atom stereocenters. The van der Waals surface area contributed by atoms with E-state index in [2.05, 4.69) is 15.5 Å². The first-order valence-electron chi connectivity index (χ1n) is 7.87. The molecule has 132 valence electrons. The molecule has 0 spiro atoms. The van der Waals surface area contributed by atoms with Gasteiger partial charge in [-0.15, -0.1) is 10.2 Å². The highest BCUT2D eigenvalue weighted by Gasteiger charge is 2.11. The Morgan fingerprint density at radius 3 is 2.27 bits per heavy atom. The van der Waals surface area contributed by atoms with Gasteiger partial charge >= 0.3 is 0 Å². The highest BCUT2D eigenvalue weighted by molar-refractivity contribution is 6.29. The van der Waals surface area contributed by atoms with Gasteiger partial charge in [-0.05, 0) is 34.9 Å². The van der Waals surface area contributed by atoms with E-state index in [1.807, 2.05) is 48.5 Å². The van der Waals surface area contributed by atoms with Crippen LogP contribution in [0.4, 0.5) is 5.82 Å². The number of nitrogens with one attached hydrogen (secondary N) is 1. The van der Waals surface area contributed by atoms with Crippen molar-refractivity contribution in [2.75, 3.05) is 12.4 Å². The van der Waals surface area contributed by atoms with Crippen LogP contribution in [0.15, 0.2) is 54.6 Å². The zero-order valence-electron chi connectivity index (χ0n) is 14.1. The zero-order valence-corrected chi connectivity index (χ0v) is 14.8. The molecule has 3 aromatic rings. The van der Waals surface area contributed by atoms with Gasteiger partial charge in [0, 0.05) is 6.54 Å². The van der Waals surface area contributed by atoms with Gasteiger partial charge < -0.3 is 15.8 Å². The summed E-state index contributed by atoms with van der Waals surface area (Å²) in [4.78, 5) is 11.5. The molecule has 3 N–H and O–H groups in total. The summed E-state index contributed by atoms with van der Waals surface area (Å²) in [5.74, 6) is 0.518. The number of carbonyl (C=O) groups excluding carboxylic acids is 1. The Bertz CT molecular complexity index is 912. The van der Waals surface area contributed by atoms with Crippen LogP contribution in [0.25, 0.3) is 11.1 Å². The van der Waals surface area contributed by atoms with Crippen molar-refractivity contribution in [3.05, 3.63) is 70.9 Å². The average Bonchev–Trinajstić information content (AvgIpc) is 2.67. The van der Waals surface area contributed by atoms with Gasteiger partial charge in [-0.25, -0.2) is 0 Å². The normalized spacial score (nSPS) is 10.4. The number of primary amides is 1. The first-order valence-corrected chi connectivity index (χ1v) is 8.25. The standard InChI is InChI=1S/C19H17ClN4O2/c1-26-15-8-6-14(7-9-15)13-4-2-12(3-5-13)11-22-19-16(18(21)25)10-17(20)23-24-19/h2-10H,11H2,1H3,(H2,21,25)(H,22,24). The molecule has 1 aromatic heterocycles. The highest BCUT2D eigenvalue weighted by Crippen LogP contribution is 2.23. The van der Waals surface area contributed by atoms with Crippen molar-refractivity contribution in [2.45, 2.75) is 6.54 Å². The van der Waals surface area contributed by atoms with Gasteiger partial charge in [-0.2, -0.15) is 0 Å². The van der Waals surface area contributed by atoms with Gasteiger partial charge in [0.15, 0.2) is 11.0 Å². The Morgan fingerprint density at radius 2 is 1.69 bits per heavy atom. The largest absolute Gasteiger partial charge is 0.497 e. The summed E-state index contributed by atoms with van der Waals surface area (Å²) in [5, 5.41) is 10.8. The van der Waals surface area contributed by atoms with E-state index in [1.165, 1.54) is 6.07 Å². The molecule has 1 amide bonds. The second-order valence-corrected chi connectivity index (χ2v) is 5.96. The molecule has 0 fully saturated rings. The third-order valence-corrected chi connectivity index (χ3v) is 4.05. The summed E-state index contributed by atoms with van der Waals surface area (Å²) < 4.78 is 5.17. The Hall–Kier alpha value is -3.12. The van der Waals surface area contributed by atoms with Gasteiger partial charge in [-0.3, -0.25) is 4.79 Å². The lowest BCUT2D eigenvalue weighted by molar-refractivity contribution is 0.100. The van der Waals surface area contributed by atoms with Crippen molar-refractivity contribution in [3.63, 3.8) is 0 Å².